The van der Waals surface area contributed by atoms with Gasteiger partial charge in [-0.3, -0.25) is 9.78 Å². The topological polar surface area (TPSA) is 148 Å². The van der Waals surface area contributed by atoms with Gasteiger partial charge in [0.1, 0.15) is 4.90 Å². The average molecular weight is 458 g/mol. The molecule has 0 aliphatic heterocycles. The fourth-order valence-electron chi connectivity index (χ4n) is 3.00. The van der Waals surface area contributed by atoms with Crippen LogP contribution in [0.3, 0.4) is 0 Å². The Bertz CT molecular complexity index is 1360. The highest BCUT2D eigenvalue weighted by molar-refractivity contribution is 7.92. The summed E-state index contributed by atoms with van der Waals surface area (Å²) in [4.78, 5) is 8.60. The van der Waals surface area contributed by atoms with Crippen molar-refractivity contribution in [1.82, 2.24) is 29.9 Å². The first kappa shape index (κ1) is 21.7. The number of ether oxygens (including phenoxy) is 1. The molecule has 12 heteroatoms. The molecule has 3 aromatic heterocycles. The van der Waals surface area contributed by atoms with Crippen molar-refractivity contribution in [3.63, 3.8) is 0 Å². The maximum absolute atomic E-state index is 12.8. The summed E-state index contributed by atoms with van der Waals surface area (Å²) in [5.74, 6) is 0.0220. The van der Waals surface area contributed by atoms with E-state index in [1.807, 2.05) is 18.2 Å². The minimum atomic E-state index is -3.96. The first-order valence-corrected chi connectivity index (χ1v) is 11.3. The molecule has 3 N–H and O–H groups in total. The second-order valence-electron chi connectivity index (χ2n) is 7.92. The lowest BCUT2D eigenvalue weighted by Crippen LogP contribution is -2.22. The fraction of sp³-hybridized carbons (Fsp3) is 0.300. The second kappa shape index (κ2) is 8.20. The average Bonchev–Trinajstić information content (AvgIpc) is 3.35. The molecule has 3 heterocycles. The van der Waals surface area contributed by atoms with Gasteiger partial charge >= 0.3 is 0 Å². The molecule has 0 aliphatic carbocycles. The molecule has 0 saturated heterocycles. The van der Waals surface area contributed by atoms with Gasteiger partial charge in [0, 0.05) is 36.7 Å². The van der Waals surface area contributed by atoms with E-state index in [2.05, 4.69) is 30.0 Å². The molecule has 0 aliphatic rings. The molecule has 4 rings (SSSR count). The minimum Gasteiger partial charge on any atom is -0.477 e. The number of aromatic amines is 1. The number of sulfonamides is 1. The van der Waals surface area contributed by atoms with Gasteiger partial charge < -0.3 is 9.84 Å². The summed E-state index contributed by atoms with van der Waals surface area (Å²) >= 11 is 0. The van der Waals surface area contributed by atoms with Gasteiger partial charge in [0.05, 0.1) is 35.8 Å². The van der Waals surface area contributed by atoms with E-state index < -0.39 is 15.6 Å². The first-order valence-electron chi connectivity index (χ1n) is 9.79. The summed E-state index contributed by atoms with van der Waals surface area (Å²) in [6.45, 7) is 3.54. The van der Waals surface area contributed by atoms with Crippen molar-refractivity contribution in [2.45, 2.75) is 30.8 Å². The van der Waals surface area contributed by atoms with E-state index in [9.17, 15) is 13.5 Å². The van der Waals surface area contributed by atoms with Gasteiger partial charge in [-0.05, 0) is 19.9 Å². The highest BCUT2D eigenvalue weighted by atomic mass is 32.2. The molecule has 0 atom stereocenters. The Labute approximate surface area is 184 Å². The third-order valence-corrected chi connectivity index (χ3v) is 5.93. The number of H-pyrrole nitrogens is 1. The molecule has 0 radical (unpaired) electrons. The number of hydrogen-bond acceptors (Lipinski definition) is 8. The van der Waals surface area contributed by atoms with Crippen LogP contribution in [0, 0.1) is 0 Å². The van der Waals surface area contributed by atoms with E-state index in [0.717, 1.165) is 16.5 Å². The van der Waals surface area contributed by atoms with Crippen LogP contribution in [0.15, 0.2) is 47.8 Å². The van der Waals surface area contributed by atoms with Gasteiger partial charge in [-0.25, -0.2) is 18.1 Å². The molecule has 0 saturated carbocycles. The Balaban J connectivity index is 1.73. The number of aliphatic hydroxyl groups is 1. The number of fused-ring (bicyclic) bond motifs is 1. The van der Waals surface area contributed by atoms with Crippen LogP contribution in [-0.4, -0.2) is 55.7 Å². The van der Waals surface area contributed by atoms with Crippen molar-refractivity contribution in [2.75, 3.05) is 11.3 Å². The first-order chi connectivity index (χ1) is 15.1. The molecule has 0 unspecified atom stereocenters. The predicted molar refractivity (Wildman–Crippen MR) is 118 cm³/mol. The molecule has 4 aromatic rings. The van der Waals surface area contributed by atoms with Crippen LogP contribution in [0.2, 0.25) is 0 Å². The Kier molecular flexibility index (Phi) is 5.57. The number of hydrogen-bond donors (Lipinski definition) is 3. The Morgan fingerprint density at radius 2 is 2.06 bits per heavy atom. The van der Waals surface area contributed by atoms with Gasteiger partial charge in [-0.1, -0.05) is 12.1 Å². The number of anilines is 1. The number of aryl methyl sites for hydroxylation is 1. The maximum Gasteiger partial charge on any atom is 0.267 e. The zero-order valence-corrected chi connectivity index (χ0v) is 18.6. The smallest absolute Gasteiger partial charge is 0.267 e. The number of rotatable bonds is 8. The molecule has 0 amide bonds. The van der Waals surface area contributed by atoms with Crippen molar-refractivity contribution in [3.05, 3.63) is 42.9 Å². The highest BCUT2D eigenvalue weighted by Crippen LogP contribution is 2.29. The van der Waals surface area contributed by atoms with Crippen LogP contribution >= 0.6 is 0 Å². The largest absolute Gasteiger partial charge is 0.477 e. The zero-order chi connectivity index (χ0) is 22.9. The quantitative estimate of drug-likeness (QED) is 0.364. The lowest BCUT2D eigenvalue weighted by molar-refractivity contribution is 0.0547. The van der Waals surface area contributed by atoms with E-state index in [-0.39, 0.29) is 23.3 Å². The Morgan fingerprint density at radius 1 is 1.25 bits per heavy atom. The van der Waals surface area contributed by atoms with E-state index in [1.54, 1.807) is 33.2 Å². The molecular formula is C20H23N7O4S. The molecule has 0 bridgehead atoms. The number of aromatic nitrogens is 6. The SMILES string of the molecule is Cn1cc(S(=O)(=O)Nc2nc(OCCC(C)(C)O)cc(-c3cccc4[nH]ncc34)n2)cn1. The van der Waals surface area contributed by atoms with Crippen LogP contribution in [0.5, 0.6) is 5.88 Å². The fourth-order valence-corrected chi connectivity index (χ4v) is 3.92. The van der Waals surface area contributed by atoms with Crippen LogP contribution < -0.4 is 9.46 Å². The Morgan fingerprint density at radius 3 is 2.78 bits per heavy atom. The summed E-state index contributed by atoms with van der Waals surface area (Å²) in [5, 5.41) is 21.6. The van der Waals surface area contributed by atoms with E-state index in [4.69, 9.17) is 4.74 Å². The van der Waals surface area contributed by atoms with Crippen LogP contribution in [0.1, 0.15) is 20.3 Å². The van der Waals surface area contributed by atoms with Crippen molar-refractivity contribution in [3.8, 4) is 17.1 Å². The standard InChI is InChI=1S/C20H23N7O4S/c1-20(2,28)7-8-31-18-9-17(14-5-4-6-16-15(14)11-21-25-16)23-19(24-18)26-32(29,30)13-10-22-27(3)12-13/h4-6,9-12,28H,7-8H2,1-3H3,(H,21,25)(H,23,24,26). The van der Waals surface area contributed by atoms with Crippen LogP contribution in [0.4, 0.5) is 5.95 Å². The number of nitrogens with one attached hydrogen (secondary N) is 2. The lowest BCUT2D eigenvalue weighted by Gasteiger charge is -2.17. The maximum atomic E-state index is 12.8. The lowest BCUT2D eigenvalue weighted by atomic mass is 10.1. The van der Waals surface area contributed by atoms with Crippen LogP contribution in [0.25, 0.3) is 22.2 Å². The molecule has 1 aromatic carbocycles. The van der Waals surface area contributed by atoms with E-state index in [1.165, 1.54) is 17.1 Å². The summed E-state index contributed by atoms with van der Waals surface area (Å²) in [5.41, 5.74) is 1.08. The normalized spacial score (nSPS) is 12.2. The predicted octanol–water partition coefficient (Wildman–Crippen LogP) is 2.09. The van der Waals surface area contributed by atoms with Crippen molar-refractivity contribution in [2.24, 2.45) is 7.05 Å². The summed E-state index contributed by atoms with van der Waals surface area (Å²) in [7, 11) is -2.33. The summed E-state index contributed by atoms with van der Waals surface area (Å²) < 4.78 is 35.0. The molecule has 0 fully saturated rings. The molecule has 32 heavy (non-hydrogen) atoms. The van der Waals surface area contributed by atoms with Gasteiger partial charge in [-0.15, -0.1) is 0 Å². The van der Waals surface area contributed by atoms with Crippen molar-refractivity contribution >= 4 is 26.9 Å². The van der Waals surface area contributed by atoms with Gasteiger partial charge in [0.15, 0.2) is 0 Å². The molecule has 0 spiro atoms. The van der Waals surface area contributed by atoms with Crippen molar-refractivity contribution in [1.29, 1.82) is 0 Å². The summed E-state index contributed by atoms with van der Waals surface area (Å²) in [6.07, 6.45) is 4.64. The van der Waals surface area contributed by atoms with E-state index in [0.29, 0.717) is 12.1 Å². The third kappa shape index (κ3) is 4.86. The number of benzene rings is 1. The molecular weight excluding hydrogens is 434 g/mol. The van der Waals surface area contributed by atoms with Gasteiger partial charge in [-0.2, -0.15) is 15.2 Å². The third-order valence-electron chi connectivity index (χ3n) is 4.64. The highest BCUT2D eigenvalue weighted by Gasteiger charge is 2.20. The molecule has 11 nitrogen and oxygen atoms in total. The van der Waals surface area contributed by atoms with Crippen LogP contribution in [-0.2, 0) is 17.1 Å². The monoisotopic (exact) mass is 457 g/mol. The number of nitrogens with zero attached hydrogens (tertiary/aromatic N) is 5. The van der Waals surface area contributed by atoms with E-state index >= 15 is 0 Å². The van der Waals surface area contributed by atoms with Crippen molar-refractivity contribution < 1.29 is 18.3 Å². The second-order valence-corrected chi connectivity index (χ2v) is 9.60. The summed E-state index contributed by atoms with van der Waals surface area (Å²) in [6, 6.07) is 7.18. The molecule has 168 valence electrons. The minimum absolute atomic E-state index is 0.0181. The van der Waals surface area contributed by atoms with Gasteiger partial charge in [0.2, 0.25) is 11.8 Å². The zero-order valence-electron chi connectivity index (χ0n) is 17.8. The van der Waals surface area contributed by atoms with Gasteiger partial charge in [0.25, 0.3) is 10.0 Å². The Hall–Kier alpha value is -3.51.